The molecule has 0 fully saturated rings. The standard InChI is InChI=1S/C22H20FN3O2/c1-15-10-18(12-25-26-22(27)19-4-3-9-24-13-19)11-16(2)21(15)28-14-17-5-7-20(23)8-6-17/h3-13H,14H2,1-2H3,(H,26,27)/b25-12-. The number of amides is 1. The Morgan fingerprint density at radius 3 is 2.54 bits per heavy atom. The summed E-state index contributed by atoms with van der Waals surface area (Å²) >= 11 is 0. The van der Waals surface area contributed by atoms with E-state index in [9.17, 15) is 9.18 Å². The Labute approximate surface area is 162 Å². The van der Waals surface area contributed by atoms with E-state index in [-0.39, 0.29) is 11.7 Å². The quantitative estimate of drug-likeness (QED) is 0.518. The van der Waals surface area contributed by atoms with E-state index in [1.54, 1.807) is 36.7 Å². The summed E-state index contributed by atoms with van der Waals surface area (Å²) in [6, 6.07) is 13.4. The lowest BCUT2D eigenvalue weighted by atomic mass is 10.1. The largest absolute Gasteiger partial charge is 0.488 e. The smallest absolute Gasteiger partial charge is 0.272 e. The average molecular weight is 377 g/mol. The van der Waals surface area contributed by atoms with Gasteiger partial charge in [-0.15, -0.1) is 0 Å². The van der Waals surface area contributed by atoms with Crippen LogP contribution in [-0.4, -0.2) is 17.1 Å². The van der Waals surface area contributed by atoms with E-state index in [1.807, 2.05) is 26.0 Å². The van der Waals surface area contributed by atoms with Gasteiger partial charge in [0.25, 0.3) is 5.91 Å². The normalized spacial score (nSPS) is 10.8. The van der Waals surface area contributed by atoms with E-state index in [0.29, 0.717) is 12.2 Å². The van der Waals surface area contributed by atoms with E-state index >= 15 is 0 Å². The highest BCUT2D eigenvalue weighted by atomic mass is 19.1. The van der Waals surface area contributed by atoms with Gasteiger partial charge in [0.05, 0.1) is 11.8 Å². The van der Waals surface area contributed by atoms with E-state index in [1.165, 1.54) is 18.3 Å². The molecule has 0 radical (unpaired) electrons. The van der Waals surface area contributed by atoms with Crippen molar-refractivity contribution in [3.63, 3.8) is 0 Å². The molecule has 1 heterocycles. The Bertz CT molecular complexity index is 963. The van der Waals surface area contributed by atoms with Crippen LogP contribution in [0.4, 0.5) is 4.39 Å². The maximum absolute atomic E-state index is 13.0. The minimum absolute atomic E-state index is 0.268. The number of aromatic nitrogens is 1. The molecule has 0 aliphatic carbocycles. The van der Waals surface area contributed by atoms with Gasteiger partial charge in [-0.3, -0.25) is 9.78 Å². The summed E-state index contributed by atoms with van der Waals surface area (Å²) in [5, 5.41) is 4.00. The maximum atomic E-state index is 13.0. The van der Waals surface area contributed by atoms with Gasteiger partial charge < -0.3 is 4.74 Å². The molecule has 0 saturated carbocycles. The molecule has 142 valence electrons. The van der Waals surface area contributed by atoms with Crippen molar-refractivity contribution in [2.24, 2.45) is 5.10 Å². The number of pyridine rings is 1. The van der Waals surface area contributed by atoms with Crippen LogP contribution >= 0.6 is 0 Å². The number of ether oxygens (including phenoxy) is 1. The lowest BCUT2D eigenvalue weighted by Crippen LogP contribution is -2.17. The molecule has 5 nitrogen and oxygen atoms in total. The third-order valence-corrected chi connectivity index (χ3v) is 4.08. The van der Waals surface area contributed by atoms with Gasteiger partial charge in [-0.05, 0) is 72.5 Å². The lowest BCUT2D eigenvalue weighted by Gasteiger charge is -2.13. The zero-order valence-electron chi connectivity index (χ0n) is 15.6. The molecular weight excluding hydrogens is 357 g/mol. The summed E-state index contributed by atoms with van der Waals surface area (Å²) < 4.78 is 18.9. The van der Waals surface area contributed by atoms with Gasteiger partial charge in [-0.2, -0.15) is 5.10 Å². The highest BCUT2D eigenvalue weighted by Gasteiger charge is 2.07. The summed E-state index contributed by atoms with van der Waals surface area (Å²) in [5.74, 6) is 0.188. The SMILES string of the molecule is Cc1cc(/C=N\NC(=O)c2cccnc2)cc(C)c1OCc1ccc(F)cc1. The lowest BCUT2D eigenvalue weighted by molar-refractivity contribution is 0.0955. The molecule has 1 aromatic heterocycles. The molecule has 0 bridgehead atoms. The summed E-state index contributed by atoms with van der Waals surface area (Å²) in [5.41, 5.74) is 6.55. The molecule has 0 unspecified atom stereocenters. The Balaban J connectivity index is 1.64. The summed E-state index contributed by atoms with van der Waals surface area (Å²) in [6.07, 6.45) is 4.66. The van der Waals surface area contributed by atoms with Crippen LogP contribution in [0.3, 0.4) is 0 Å². The molecule has 0 atom stereocenters. The van der Waals surface area contributed by atoms with Gasteiger partial charge in [-0.1, -0.05) is 12.1 Å². The molecule has 1 amide bonds. The number of hydrogen-bond donors (Lipinski definition) is 1. The number of carbonyl (C=O) groups excluding carboxylic acids is 1. The van der Waals surface area contributed by atoms with Crippen LogP contribution in [0.25, 0.3) is 0 Å². The molecule has 3 aromatic rings. The van der Waals surface area contributed by atoms with Crippen LogP contribution in [-0.2, 0) is 6.61 Å². The number of hydrazone groups is 1. The number of nitrogens with zero attached hydrogens (tertiary/aromatic N) is 2. The fraction of sp³-hybridized carbons (Fsp3) is 0.136. The van der Waals surface area contributed by atoms with Gasteiger partial charge in [0.2, 0.25) is 0 Å². The molecular formula is C22H20FN3O2. The number of aryl methyl sites for hydroxylation is 2. The molecule has 0 spiro atoms. The highest BCUT2D eigenvalue weighted by molar-refractivity contribution is 5.94. The monoisotopic (exact) mass is 377 g/mol. The summed E-state index contributed by atoms with van der Waals surface area (Å²) in [4.78, 5) is 15.9. The van der Waals surface area contributed by atoms with E-state index in [0.717, 1.165) is 28.0 Å². The molecule has 0 saturated heterocycles. The second-order valence-corrected chi connectivity index (χ2v) is 6.34. The first kappa shape index (κ1) is 19.2. The fourth-order valence-corrected chi connectivity index (χ4v) is 2.75. The van der Waals surface area contributed by atoms with Crippen molar-refractivity contribution < 1.29 is 13.9 Å². The van der Waals surface area contributed by atoms with Gasteiger partial charge in [-0.25, -0.2) is 9.82 Å². The van der Waals surface area contributed by atoms with Gasteiger partial charge in [0.15, 0.2) is 0 Å². The third kappa shape index (κ3) is 5.01. The number of hydrogen-bond acceptors (Lipinski definition) is 4. The van der Waals surface area contributed by atoms with Crippen molar-refractivity contribution in [2.45, 2.75) is 20.5 Å². The second-order valence-electron chi connectivity index (χ2n) is 6.34. The number of rotatable bonds is 6. The van der Waals surface area contributed by atoms with Crippen molar-refractivity contribution in [2.75, 3.05) is 0 Å². The maximum Gasteiger partial charge on any atom is 0.272 e. The van der Waals surface area contributed by atoms with E-state index in [4.69, 9.17) is 4.74 Å². The van der Waals surface area contributed by atoms with Crippen molar-refractivity contribution in [3.8, 4) is 5.75 Å². The number of benzene rings is 2. The topological polar surface area (TPSA) is 63.6 Å². The van der Waals surface area contributed by atoms with Gasteiger partial charge in [0.1, 0.15) is 18.2 Å². The van der Waals surface area contributed by atoms with Crippen molar-refractivity contribution in [1.82, 2.24) is 10.4 Å². The first-order valence-corrected chi connectivity index (χ1v) is 8.75. The summed E-state index contributed by atoms with van der Waals surface area (Å²) in [7, 11) is 0. The van der Waals surface area contributed by atoms with Crippen LogP contribution in [0.15, 0.2) is 66.0 Å². The molecule has 1 N–H and O–H groups in total. The predicted molar refractivity (Wildman–Crippen MR) is 106 cm³/mol. The third-order valence-electron chi connectivity index (χ3n) is 4.08. The molecule has 0 aliphatic rings. The minimum Gasteiger partial charge on any atom is -0.488 e. The van der Waals surface area contributed by atoms with Crippen LogP contribution in [0.1, 0.15) is 32.6 Å². The first-order chi connectivity index (χ1) is 13.5. The van der Waals surface area contributed by atoms with Crippen molar-refractivity contribution >= 4 is 12.1 Å². The van der Waals surface area contributed by atoms with Crippen LogP contribution in [0.5, 0.6) is 5.75 Å². The van der Waals surface area contributed by atoms with Crippen LogP contribution in [0.2, 0.25) is 0 Å². The Kier molecular flexibility index (Phi) is 6.11. The molecule has 0 aliphatic heterocycles. The number of carbonyl (C=O) groups is 1. The number of nitrogens with one attached hydrogen (secondary N) is 1. The number of halogens is 1. The Morgan fingerprint density at radius 2 is 1.89 bits per heavy atom. The van der Waals surface area contributed by atoms with Crippen LogP contribution in [0, 0.1) is 19.7 Å². The van der Waals surface area contributed by atoms with Gasteiger partial charge in [0, 0.05) is 12.4 Å². The highest BCUT2D eigenvalue weighted by Crippen LogP contribution is 2.25. The van der Waals surface area contributed by atoms with E-state index < -0.39 is 0 Å². The van der Waals surface area contributed by atoms with Crippen LogP contribution < -0.4 is 10.2 Å². The second kappa shape index (κ2) is 8.90. The van der Waals surface area contributed by atoms with Crippen molar-refractivity contribution in [3.05, 3.63) is 94.6 Å². The fourth-order valence-electron chi connectivity index (χ4n) is 2.75. The Morgan fingerprint density at radius 1 is 1.18 bits per heavy atom. The molecule has 28 heavy (non-hydrogen) atoms. The van der Waals surface area contributed by atoms with E-state index in [2.05, 4.69) is 15.5 Å². The Hall–Kier alpha value is -3.54. The summed E-state index contributed by atoms with van der Waals surface area (Å²) in [6.45, 7) is 4.24. The first-order valence-electron chi connectivity index (χ1n) is 8.75. The molecule has 3 rings (SSSR count). The molecule has 6 heteroatoms. The average Bonchev–Trinajstić information content (AvgIpc) is 2.69. The van der Waals surface area contributed by atoms with Crippen molar-refractivity contribution in [1.29, 1.82) is 0 Å². The van der Waals surface area contributed by atoms with Gasteiger partial charge >= 0.3 is 0 Å². The molecule has 2 aromatic carbocycles. The predicted octanol–water partition coefficient (Wildman–Crippen LogP) is 4.18. The minimum atomic E-state index is -0.322. The zero-order chi connectivity index (χ0) is 19.9. The zero-order valence-corrected chi connectivity index (χ0v) is 15.6.